The van der Waals surface area contributed by atoms with E-state index in [4.69, 9.17) is 11.6 Å². The number of urea groups is 1. The third-order valence-electron chi connectivity index (χ3n) is 5.77. The van der Waals surface area contributed by atoms with Crippen molar-refractivity contribution in [2.24, 2.45) is 17.8 Å². The van der Waals surface area contributed by atoms with Gasteiger partial charge in [-0.05, 0) is 55.9 Å². The number of amides is 2. The Hall–Kier alpha value is -1.82. The topological polar surface area (TPSA) is 75.5 Å². The summed E-state index contributed by atoms with van der Waals surface area (Å²) in [6, 6.07) is 4.31. The molecule has 2 amide bonds. The molecule has 2 unspecified atom stereocenters. The van der Waals surface area contributed by atoms with Gasteiger partial charge >= 0.3 is 6.03 Å². The highest BCUT2D eigenvalue weighted by Crippen LogP contribution is 2.47. The first-order chi connectivity index (χ1) is 11.5. The van der Waals surface area contributed by atoms with Crippen LogP contribution in [0.25, 0.3) is 0 Å². The third kappa shape index (κ3) is 2.83. The van der Waals surface area contributed by atoms with E-state index in [2.05, 4.69) is 5.32 Å². The van der Waals surface area contributed by atoms with Crippen LogP contribution in [0.5, 0.6) is 0 Å². The van der Waals surface area contributed by atoms with Crippen LogP contribution in [0.1, 0.15) is 32.1 Å². The van der Waals surface area contributed by atoms with Crippen molar-refractivity contribution in [2.75, 3.05) is 11.9 Å². The molecule has 2 heterocycles. The molecule has 2 aliphatic heterocycles. The maximum Gasteiger partial charge on any atom is 0.322 e. The van der Waals surface area contributed by atoms with Gasteiger partial charge in [0.1, 0.15) is 0 Å². The number of anilines is 1. The monoisotopic (exact) mass is 349 g/mol. The number of halogens is 1. The Morgan fingerprint density at radius 1 is 1.17 bits per heavy atom. The second-order valence-corrected chi connectivity index (χ2v) is 7.84. The Balaban J connectivity index is 1.51. The molecule has 1 N–H and O–H groups in total. The molecule has 2 atom stereocenters. The zero-order chi connectivity index (χ0) is 16.8. The number of nitrogens with zero attached hydrogens (tertiary/aromatic N) is 2. The number of hydrogen-bond acceptors (Lipinski definition) is 3. The normalized spacial score (nSPS) is 31.0. The zero-order valence-corrected chi connectivity index (χ0v) is 14.0. The quantitative estimate of drug-likeness (QED) is 0.639. The molecule has 5 rings (SSSR count). The fourth-order valence-corrected chi connectivity index (χ4v) is 5.16. The summed E-state index contributed by atoms with van der Waals surface area (Å²) in [4.78, 5) is 25.0. The van der Waals surface area contributed by atoms with Gasteiger partial charge in [-0.15, -0.1) is 0 Å². The average molecular weight is 350 g/mol. The van der Waals surface area contributed by atoms with Crippen molar-refractivity contribution >= 4 is 29.0 Å². The van der Waals surface area contributed by atoms with E-state index in [1.54, 1.807) is 0 Å². The van der Waals surface area contributed by atoms with E-state index in [9.17, 15) is 14.9 Å². The predicted molar refractivity (Wildman–Crippen MR) is 91.2 cm³/mol. The molecule has 2 saturated heterocycles. The summed E-state index contributed by atoms with van der Waals surface area (Å²) in [6.45, 7) is 0.814. The number of rotatable bonds is 2. The van der Waals surface area contributed by atoms with E-state index in [1.165, 1.54) is 37.5 Å². The number of nitrogens with one attached hydrogen (secondary N) is 1. The number of carbonyl (C=O) groups excluding carboxylic acids is 1. The minimum Gasteiger partial charge on any atom is -0.321 e. The molecular formula is C17H20ClN3O3. The first-order valence-corrected chi connectivity index (χ1v) is 8.89. The lowest BCUT2D eigenvalue weighted by Crippen LogP contribution is -2.44. The number of benzene rings is 1. The molecule has 24 heavy (non-hydrogen) atoms. The van der Waals surface area contributed by atoms with Gasteiger partial charge in [0.15, 0.2) is 0 Å². The van der Waals surface area contributed by atoms with Crippen LogP contribution < -0.4 is 5.32 Å². The highest BCUT2D eigenvalue weighted by molar-refractivity contribution is 6.33. The molecule has 128 valence electrons. The van der Waals surface area contributed by atoms with E-state index >= 15 is 0 Å². The molecule has 4 aliphatic rings. The zero-order valence-electron chi connectivity index (χ0n) is 13.3. The van der Waals surface area contributed by atoms with E-state index < -0.39 is 4.92 Å². The number of nitro benzene ring substituents is 1. The van der Waals surface area contributed by atoms with Gasteiger partial charge in [0.05, 0.1) is 15.6 Å². The Morgan fingerprint density at radius 2 is 1.83 bits per heavy atom. The van der Waals surface area contributed by atoms with Crippen molar-refractivity contribution in [2.45, 2.75) is 38.1 Å². The predicted octanol–water partition coefficient (Wildman–Crippen LogP) is 4.29. The van der Waals surface area contributed by atoms with Gasteiger partial charge in [0, 0.05) is 24.7 Å². The van der Waals surface area contributed by atoms with Gasteiger partial charge in [-0.2, -0.15) is 0 Å². The van der Waals surface area contributed by atoms with Crippen molar-refractivity contribution in [1.82, 2.24) is 4.90 Å². The summed E-state index contributed by atoms with van der Waals surface area (Å²) in [7, 11) is 0. The van der Waals surface area contributed by atoms with E-state index in [0.717, 1.165) is 31.2 Å². The summed E-state index contributed by atoms with van der Waals surface area (Å²) in [5.41, 5.74) is 0.347. The molecule has 4 bridgehead atoms. The minimum absolute atomic E-state index is 0.0799. The lowest BCUT2D eigenvalue weighted by atomic mass is 9.68. The van der Waals surface area contributed by atoms with Crippen LogP contribution in [0.15, 0.2) is 18.2 Å². The number of carbonyl (C=O) groups is 1. The standard InChI is InChI=1S/C17H20ClN3O3/c18-15-8-13(21(23)24)1-2-16(15)19-17(22)20-9-12-4-10-3-11(5-12)7-14(20)6-10/h1-2,8,10-12,14H,3-7,9H2,(H,19,22). The van der Waals surface area contributed by atoms with Crippen LogP contribution in [0.3, 0.4) is 0 Å². The SMILES string of the molecule is O=C(Nc1ccc([N+](=O)[O-])cc1Cl)N1CC2CC3CC(C2)CC1C3. The first kappa shape index (κ1) is 15.7. The van der Waals surface area contributed by atoms with E-state index in [1.807, 2.05) is 4.90 Å². The van der Waals surface area contributed by atoms with Crippen molar-refractivity contribution in [3.05, 3.63) is 33.3 Å². The maximum absolute atomic E-state index is 12.8. The van der Waals surface area contributed by atoms with Crippen molar-refractivity contribution in [3.63, 3.8) is 0 Å². The third-order valence-corrected chi connectivity index (χ3v) is 6.09. The van der Waals surface area contributed by atoms with Crippen molar-refractivity contribution in [1.29, 1.82) is 0 Å². The largest absolute Gasteiger partial charge is 0.322 e. The molecule has 1 aromatic carbocycles. The molecule has 7 heteroatoms. The lowest BCUT2D eigenvalue weighted by Gasteiger charge is -2.38. The average Bonchev–Trinajstić information content (AvgIpc) is 2.72. The molecule has 0 aromatic heterocycles. The van der Waals surface area contributed by atoms with Gasteiger partial charge in [0.2, 0.25) is 0 Å². The maximum atomic E-state index is 12.8. The van der Waals surface area contributed by atoms with Crippen LogP contribution in [-0.2, 0) is 0 Å². The Bertz CT molecular complexity index is 682. The van der Waals surface area contributed by atoms with E-state index in [0.29, 0.717) is 17.6 Å². The molecule has 0 radical (unpaired) electrons. The lowest BCUT2D eigenvalue weighted by molar-refractivity contribution is -0.384. The van der Waals surface area contributed by atoms with Crippen molar-refractivity contribution in [3.8, 4) is 0 Å². The van der Waals surface area contributed by atoms with Crippen LogP contribution in [0.2, 0.25) is 5.02 Å². The highest BCUT2D eigenvalue weighted by atomic mass is 35.5. The Kier molecular flexibility index (Phi) is 3.87. The second-order valence-electron chi connectivity index (χ2n) is 7.43. The highest BCUT2D eigenvalue weighted by Gasteiger charge is 2.44. The summed E-state index contributed by atoms with van der Waals surface area (Å²) >= 11 is 6.09. The number of non-ortho nitro benzene ring substituents is 1. The second kappa shape index (κ2) is 5.92. The number of hydrogen-bond donors (Lipinski definition) is 1. The molecule has 2 saturated carbocycles. The number of nitro groups is 1. The van der Waals surface area contributed by atoms with Gasteiger partial charge in [-0.3, -0.25) is 10.1 Å². The molecule has 6 nitrogen and oxygen atoms in total. The summed E-state index contributed by atoms with van der Waals surface area (Å²) < 4.78 is 0. The summed E-state index contributed by atoms with van der Waals surface area (Å²) in [5, 5.41) is 13.8. The van der Waals surface area contributed by atoms with Crippen LogP contribution >= 0.6 is 11.6 Å². The smallest absolute Gasteiger partial charge is 0.321 e. The van der Waals surface area contributed by atoms with Gasteiger partial charge in [0.25, 0.3) is 5.69 Å². The first-order valence-electron chi connectivity index (χ1n) is 8.51. The number of fused-ring (bicyclic) bond motifs is 1. The Labute approximate surface area is 145 Å². The van der Waals surface area contributed by atoms with E-state index in [-0.39, 0.29) is 16.7 Å². The van der Waals surface area contributed by atoms with Crippen molar-refractivity contribution < 1.29 is 9.72 Å². The molecular weight excluding hydrogens is 330 g/mol. The van der Waals surface area contributed by atoms with Gasteiger partial charge < -0.3 is 10.2 Å². The van der Waals surface area contributed by atoms with Gasteiger partial charge in [-0.25, -0.2) is 4.79 Å². The fourth-order valence-electron chi connectivity index (χ4n) is 4.94. The Morgan fingerprint density at radius 3 is 2.46 bits per heavy atom. The summed E-state index contributed by atoms with van der Waals surface area (Å²) in [5.74, 6) is 2.15. The fraction of sp³-hybridized carbons (Fsp3) is 0.588. The molecule has 1 aromatic rings. The molecule has 2 aliphatic carbocycles. The van der Waals surface area contributed by atoms with Crippen LogP contribution in [-0.4, -0.2) is 28.4 Å². The summed E-state index contributed by atoms with van der Waals surface area (Å²) in [6.07, 6.45) is 6.03. The van der Waals surface area contributed by atoms with Crippen LogP contribution in [0.4, 0.5) is 16.2 Å². The van der Waals surface area contributed by atoms with Gasteiger partial charge in [-0.1, -0.05) is 11.6 Å². The molecule has 4 fully saturated rings. The molecule has 0 spiro atoms. The minimum atomic E-state index is -0.498. The van der Waals surface area contributed by atoms with Crippen LogP contribution in [0, 0.1) is 27.9 Å².